The van der Waals surface area contributed by atoms with Crippen LogP contribution < -0.4 is 0 Å². The molecule has 1 heterocycles. The molecule has 1 saturated heterocycles. The van der Waals surface area contributed by atoms with E-state index in [0.29, 0.717) is 13.1 Å². The van der Waals surface area contributed by atoms with Gasteiger partial charge in [-0.3, -0.25) is 0 Å². The molecule has 1 aliphatic heterocycles. The van der Waals surface area contributed by atoms with Crippen LogP contribution in [0.3, 0.4) is 0 Å². The molecule has 3 nitrogen and oxygen atoms in total. The van der Waals surface area contributed by atoms with Crippen molar-refractivity contribution >= 4 is 0 Å². The summed E-state index contributed by atoms with van der Waals surface area (Å²) >= 11 is 0. The minimum absolute atomic E-state index is 0.137. The van der Waals surface area contributed by atoms with Gasteiger partial charge in [0.15, 0.2) is 0 Å². The van der Waals surface area contributed by atoms with Gasteiger partial charge in [0.2, 0.25) is 0 Å². The Morgan fingerprint density at radius 2 is 1.73 bits per heavy atom. The molecule has 0 aromatic rings. The van der Waals surface area contributed by atoms with E-state index in [-0.39, 0.29) is 17.6 Å². The molecule has 1 N–H and O–H groups in total. The van der Waals surface area contributed by atoms with E-state index < -0.39 is 0 Å². The Morgan fingerprint density at radius 1 is 1.20 bits per heavy atom. The highest BCUT2D eigenvalue weighted by Gasteiger charge is 2.39. The maximum Gasteiger partial charge on any atom is 0.0785 e. The van der Waals surface area contributed by atoms with E-state index in [1.807, 2.05) is 6.92 Å². The van der Waals surface area contributed by atoms with Crippen LogP contribution in [-0.2, 0) is 4.74 Å². The van der Waals surface area contributed by atoms with E-state index in [2.05, 4.69) is 20.8 Å². The summed E-state index contributed by atoms with van der Waals surface area (Å²) < 4.78 is 5.99. The fraction of sp³-hybridized carbons (Fsp3) is 1.00. The molecule has 1 rings (SSSR count). The number of hydroxylamine groups is 2. The van der Waals surface area contributed by atoms with Crippen molar-refractivity contribution in [2.45, 2.75) is 59.2 Å². The van der Waals surface area contributed by atoms with Gasteiger partial charge in [-0.1, -0.05) is 20.8 Å². The average Bonchev–Trinajstić information content (AvgIpc) is 2.20. The molecule has 1 fully saturated rings. The van der Waals surface area contributed by atoms with Crippen LogP contribution >= 0.6 is 0 Å². The Morgan fingerprint density at radius 3 is 2.13 bits per heavy atom. The van der Waals surface area contributed by atoms with Crippen molar-refractivity contribution in [3.63, 3.8) is 0 Å². The Hall–Kier alpha value is -0.120. The minimum Gasteiger partial charge on any atom is -0.372 e. The SMILES string of the molecule is CCC(CC)(CC)C1CN(O)CC(C)O1. The predicted molar refractivity (Wildman–Crippen MR) is 61.0 cm³/mol. The summed E-state index contributed by atoms with van der Waals surface area (Å²) in [6, 6.07) is 0. The zero-order valence-electron chi connectivity index (χ0n) is 10.5. The molecule has 0 spiro atoms. The maximum absolute atomic E-state index is 9.65. The number of rotatable bonds is 4. The molecule has 0 amide bonds. The fourth-order valence-corrected chi connectivity index (χ4v) is 2.70. The molecule has 0 aliphatic carbocycles. The molecule has 3 heteroatoms. The van der Waals surface area contributed by atoms with Crippen LogP contribution in [0.2, 0.25) is 0 Å². The molecule has 15 heavy (non-hydrogen) atoms. The summed E-state index contributed by atoms with van der Waals surface area (Å²) in [6.07, 6.45) is 3.66. The van der Waals surface area contributed by atoms with Crippen LogP contribution in [0.15, 0.2) is 0 Å². The third kappa shape index (κ3) is 2.71. The summed E-state index contributed by atoms with van der Waals surface area (Å²) in [6.45, 7) is 9.97. The predicted octanol–water partition coefficient (Wildman–Crippen LogP) is 2.68. The Bertz CT molecular complexity index is 174. The fourth-order valence-electron chi connectivity index (χ4n) is 2.70. The zero-order chi connectivity index (χ0) is 11.5. The molecular formula is C12H25NO2. The average molecular weight is 215 g/mol. The van der Waals surface area contributed by atoms with E-state index in [4.69, 9.17) is 4.74 Å². The van der Waals surface area contributed by atoms with Crippen LogP contribution in [0.5, 0.6) is 0 Å². The Kier molecular flexibility index (Phi) is 4.56. The lowest BCUT2D eigenvalue weighted by molar-refractivity contribution is -0.220. The normalized spacial score (nSPS) is 29.4. The van der Waals surface area contributed by atoms with Gasteiger partial charge in [0.1, 0.15) is 0 Å². The number of ether oxygens (including phenoxy) is 1. The van der Waals surface area contributed by atoms with Crippen LogP contribution in [0.1, 0.15) is 47.0 Å². The first-order valence-corrected chi connectivity index (χ1v) is 6.17. The third-order valence-corrected chi connectivity index (χ3v) is 4.04. The van der Waals surface area contributed by atoms with Crippen molar-refractivity contribution in [1.29, 1.82) is 0 Å². The van der Waals surface area contributed by atoms with Gasteiger partial charge in [-0.05, 0) is 31.6 Å². The summed E-state index contributed by atoms with van der Waals surface area (Å²) in [7, 11) is 0. The topological polar surface area (TPSA) is 32.7 Å². The van der Waals surface area contributed by atoms with Crippen molar-refractivity contribution in [3.05, 3.63) is 0 Å². The second-order valence-corrected chi connectivity index (χ2v) is 4.73. The number of hydrogen-bond donors (Lipinski definition) is 1. The molecule has 1 aliphatic rings. The van der Waals surface area contributed by atoms with Gasteiger partial charge < -0.3 is 9.94 Å². The minimum atomic E-state index is 0.137. The van der Waals surface area contributed by atoms with Gasteiger partial charge in [-0.2, -0.15) is 5.06 Å². The summed E-state index contributed by atoms with van der Waals surface area (Å²) in [5.74, 6) is 0. The van der Waals surface area contributed by atoms with Crippen molar-refractivity contribution in [2.24, 2.45) is 5.41 Å². The summed E-state index contributed by atoms with van der Waals surface area (Å²) in [5, 5.41) is 11.1. The maximum atomic E-state index is 9.65. The quantitative estimate of drug-likeness (QED) is 0.782. The van der Waals surface area contributed by atoms with E-state index >= 15 is 0 Å². The van der Waals surface area contributed by atoms with Gasteiger partial charge in [-0.25, -0.2) is 0 Å². The van der Waals surface area contributed by atoms with E-state index in [9.17, 15) is 5.21 Å². The van der Waals surface area contributed by atoms with Crippen LogP contribution in [0, 0.1) is 5.41 Å². The monoisotopic (exact) mass is 215 g/mol. The molecule has 2 atom stereocenters. The zero-order valence-corrected chi connectivity index (χ0v) is 10.5. The Labute approximate surface area is 93.4 Å². The third-order valence-electron chi connectivity index (χ3n) is 4.04. The molecule has 0 bridgehead atoms. The molecule has 90 valence electrons. The summed E-state index contributed by atoms with van der Waals surface area (Å²) in [5.41, 5.74) is 0.232. The standard InChI is InChI=1S/C12H25NO2/c1-5-12(6-2,7-3)11-9-13(14)8-10(4)15-11/h10-11,14H,5-9H2,1-4H3. The molecule has 0 saturated carbocycles. The molecule has 0 aromatic heterocycles. The van der Waals surface area contributed by atoms with Gasteiger partial charge in [0, 0.05) is 6.54 Å². The van der Waals surface area contributed by atoms with Crippen molar-refractivity contribution < 1.29 is 9.94 Å². The first-order valence-electron chi connectivity index (χ1n) is 6.17. The van der Waals surface area contributed by atoms with E-state index in [1.54, 1.807) is 0 Å². The number of nitrogens with zero attached hydrogens (tertiary/aromatic N) is 1. The molecule has 2 unspecified atom stereocenters. The molecular weight excluding hydrogens is 190 g/mol. The Balaban J connectivity index is 2.74. The van der Waals surface area contributed by atoms with E-state index in [0.717, 1.165) is 19.3 Å². The van der Waals surface area contributed by atoms with Gasteiger partial charge in [0.25, 0.3) is 0 Å². The highest BCUT2D eigenvalue weighted by atomic mass is 16.5. The smallest absolute Gasteiger partial charge is 0.0785 e. The second kappa shape index (κ2) is 5.28. The highest BCUT2D eigenvalue weighted by Crippen LogP contribution is 2.38. The van der Waals surface area contributed by atoms with Gasteiger partial charge in [0.05, 0.1) is 18.8 Å². The number of morpholine rings is 1. The lowest BCUT2D eigenvalue weighted by Gasteiger charge is -2.44. The first kappa shape index (κ1) is 12.9. The van der Waals surface area contributed by atoms with Gasteiger partial charge >= 0.3 is 0 Å². The van der Waals surface area contributed by atoms with Crippen molar-refractivity contribution in [1.82, 2.24) is 5.06 Å². The largest absolute Gasteiger partial charge is 0.372 e. The second-order valence-electron chi connectivity index (χ2n) is 4.73. The van der Waals surface area contributed by atoms with Crippen LogP contribution in [0.25, 0.3) is 0 Å². The van der Waals surface area contributed by atoms with Crippen molar-refractivity contribution in [3.8, 4) is 0 Å². The number of hydrogen-bond acceptors (Lipinski definition) is 3. The first-order chi connectivity index (χ1) is 7.07. The van der Waals surface area contributed by atoms with Crippen LogP contribution in [-0.4, -0.2) is 35.6 Å². The molecule has 0 radical (unpaired) electrons. The van der Waals surface area contributed by atoms with E-state index in [1.165, 1.54) is 5.06 Å². The highest BCUT2D eigenvalue weighted by molar-refractivity contribution is 4.88. The lowest BCUT2D eigenvalue weighted by atomic mass is 9.74. The van der Waals surface area contributed by atoms with Crippen LogP contribution in [0.4, 0.5) is 0 Å². The lowest BCUT2D eigenvalue weighted by Crippen LogP contribution is -2.52. The summed E-state index contributed by atoms with van der Waals surface area (Å²) in [4.78, 5) is 0. The van der Waals surface area contributed by atoms with Crippen molar-refractivity contribution in [2.75, 3.05) is 13.1 Å². The van der Waals surface area contributed by atoms with Gasteiger partial charge in [-0.15, -0.1) is 0 Å². The molecule has 0 aromatic carbocycles.